The first kappa shape index (κ1) is 10.5. The van der Waals surface area contributed by atoms with Crippen molar-refractivity contribution in [1.82, 2.24) is 14.4 Å². The van der Waals surface area contributed by atoms with E-state index in [1.54, 1.807) is 11.3 Å². The maximum atomic E-state index is 8.86. The molecule has 3 heterocycles. The molecule has 0 bridgehead atoms. The highest BCUT2D eigenvalue weighted by Crippen LogP contribution is 2.25. The molecule has 0 saturated carbocycles. The van der Waals surface area contributed by atoms with Gasteiger partial charge in [-0.1, -0.05) is 0 Å². The van der Waals surface area contributed by atoms with Crippen LogP contribution in [0.5, 0.6) is 0 Å². The molecule has 88 valence electrons. The molecule has 0 unspecified atom stereocenters. The maximum Gasteiger partial charge on any atom is 0.181 e. The molecule has 0 aliphatic rings. The molecule has 0 atom stereocenters. The van der Waals surface area contributed by atoms with E-state index in [1.165, 1.54) is 0 Å². The number of imidazole rings is 1. The average Bonchev–Trinajstić information content (AvgIpc) is 2.92. The van der Waals surface area contributed by atoms with Crippen LogP contribution in [0.25, 0.3) is 16.0 Å². The number of nitrogens with one attached hydrogen (secondary N) is 1. The molecule has 0 saturated heterocycles. The van der Waals surface area contributed by atoms with Crippen molar-refractivity contribution in [2.45, 2.75) is 6.92 Å². The molecular formula is C11H12N4OS. The van der Waals surface area contributed by atoms with Crippen molar-refractivity contribution in [1.29, 1.82) is 0 Å². The average molecular weight is 248 g/mol. The highest BCUT2D eigenvalue weighted by Gasteiger charge is 2.11. The van der Waals surface area contributed by atoms with E-state index in [0.717, 1.165) is 27.5 Å². The fourth-order valence-electron chi connectivity index (χ4n) is 1.87. The summed E-state index contributed by atoms with van der Waals surface area (Å²) in [5, 5.41) is 14.0. The summed E-state index contributed by atoms with van der Waals surface area (Å²) in [5.74, 6) is 0.720. The molecule has 3 aromatic heterocycles. The van der Waals surface area contributed by atoms with E-state index < -0.39 is 0 Å². The molecule has 17 heavy (non-hydrogen) atoms. The monoisotopic (exact) mass is 248 g/mol. The Bertz CT molecular complexity index is 673. The minimum absolute atomic E-state index is 0.0786. The summed E-state index contributed by atoms with van der Waals surface area (Å²) in [4.78, 5) is 9.98. The summed E-state index contributed by atoms with van der Waals surface area (Å²) in [7, 11) is 0. The second-order valence-corrected chi connectivity index (χ2v) is 4.67. The van der Waals surface area contributed by atoms with Crippen molar-refractivity contribution in [3.8, 4) is 0 Å². The van der Waals surface area contributed by atoms with Gasteiger partial charge >= 0.3 is 0 Å². The number of hydrogen-bond acceptors (Lipinski definition) is 5. The van der Waals surface area contributed by atoms with Gasteiger partial charge in [0.1, 0.15) is 10.3 Å². The van der Waals surface area contributed by atoms with E-state index in [0.29, 0.717) is 6.54 Å². The van der Waals surface area contributed by atoms with Crippen LogP contribution >= 0.6 is 11.3 Å². The van der Waals surface area contributed by atoms with Gasteiger partial charge in [0, 0.05) is 18.4 Å². The summed E-state index contributed by atoms with van der Waals surface area (Å²) in [6.45, 7) is 2.58. The Labute approximate surface area is 102 Å². The quantitative estimate of drug-likeness (QED) is 0.740. The third-order valence-corrected chi connectivity index (χ3v) is 3.50. The normalized spacial score (nSPS) is 11.4. The van der Waals surface area contributed by atoms with Crippen LogP contribution in [-0.2, 0) is 0 Å². The van der Waals surface area contributed by atoms with Crippen molar-refractivity contribution in [3.05, 3.63) is 23.3 Å². The van der Waals surface area contributed by atoms with Crippen LogP contribution in [0.15, 0.2) is 17.6 Å². The van der Waals surface area contributed by atoms with E-state index in [1.807, 2.05) is 24.6 Å². The lowest BCUT2D eigenvalue weighted by Gasteiger charge is -2.06. The number of aliphatic hydroxyl groups is 1. The van der Waals surface area contributed by atoms with Gasteiger partial charge in [0.2, 0.25) is 0 Å². The largest absolute Gasteiger partial charge is 0.395 e. The Morgan fingerprint density at radius 1 is 1.53 bits per heavy atom. The van der Waals surface area contributed by atoms with Gasteiger partial charge in [-0.15, -0.1) is 11.3 Å². The SMILES string of the molecule is Cc1cnc2c(NCCO)nc3ccsc3n12. The van der Waals surface area contributed by atoms with Gasteiger partial charge in [-0.3, -0.25) is 4.40 Å². The molecular weight excluding hydrogens is 236 g/mol. The van der Waals surface area contributed by atoms with Crippen LogP contribution < -0.4 is 5.32 Å². The van der Waals surface area contributed by atoms with Crippen molar-refractivity contribution < 1.29 is 5.11 Å². The second-order valence-electron chi connectivity index (χ2n) is 3.78. The molecule has 0 fully saturated rings. The zero-order valence-electron chi connectivity index (χ0n) is 9.34. The van der Waals surface area contributed by atoms with Crippen LogP contribution in [-0.4, -0.2) is 32.6 Å². The fraction of sp³-hybridized carbons (Fsp3) is 0.273. The molecule has 6 heteroatoms. The Morgan fingerprint density at radius 3 is 3.24 bits per heavy atom. The van der Waals surface area contributed by atoms with Gasteiger partial charge in [-0.2, -0.15) is 0 Å². The molecule has 3 rings (SSSR count). The summed E-state index contributed by atoms with van der Waals surface area (Å²) < 4.78 is 2.09. The summed E-state index contributed by atoms with van der Waals surface area (Å²) in [6, 6.07) is 1.99. The molecule has 0 aliphatic carbocycles. The number of nitrogens with zero attached hydrogens (tertiary/aromatic N) is 3. The first-order chi connectivity index (χ1) is 8.31. The summed E-state index contributed by atoms with van der Waals surface area (Å²) in [5.41, 5.74) is 2.84. The van der Waals surface area contributed by atoms with Crippen LogP contribution in [0.1, 0.15) is 5.69 Å². The zero-order valence-corrected chi connectivity index (χ0v) is 10.2. The first-order valence-corrected chi connectivity index (χ1v) is 6.25. The van der Waals surface area contributed by atoms with Gasteiger partial charge in [0.15, 0.2) is 11.5 Å². The fourth-order valence-corrected chi connectivity index (χ4v) is 2.77. The number of rotatable bonds is 3. The molecule has 5 nitrogen and oxygen atoms in total. The number of aryl methyl sites for hydroxylation is 1. The second kappa shape index (κ2) is 3.97. The number of thiophene rings is 1. The molecule has 0 aromatic carbocycles. The molecule has 0 amide bonds. The Kier molecular flexibility index (Phi) is 2.45. The van der Waals surface area contributed by atoms with E-state index in [2.05, 4.69) is 19.7 Å². The van der Waals surface area contributed by atoms with Crippen molar-refractivity contribution in [3.63, 3.8) is 0 Å². The van der Waals surface area contributed by atoms with Gasteiger partial charge in [-0.25, -0.2) is 9.97 Å². The third-order valence-electron chi connectivity index (χ3n) is 2.61. The summed E-state index contributed by atoms with van der Waals surface area (Å²) >= 11 is 1.65. The predicted octanol–water partition coefficient (Wildman–Crippen LogP) is 1.66. The summed E-state index contributed by atoms with van der Waals surface area (Å²) in [6.07, 6.45) is 1.83. The molecule has 2 N–H and O–H groups in total. The van der Waals surface area contributed by atoms with E-state index >= 15 is 0 Å². The van der Waals surface area contributed by atoms with Crippen LogP contribution in [0, 0.1) is 6.92 Å². The maximum absolute atomic E-state index is 8.86. The van der Waals surface area contributed by atoms with E-state index in [-0.39, 0.29) is 6.61 Å². The molecule has 0 radical (unpaired) electrons. The topological polar surface area (TPSA) is 62.5 Å². The zero-order chi connectivity index (χ0) is 11.8. The van der Waals surface area contributed by atoms with Crippen LogP contribution in [0.2, 0.25) is 0 Å². The van der Waals surface area contributed by atoms with Crippen molar-refractivity contribution in [2.24, 2.45) is 0 Å². The Morgan fingerprint density at radius 2 is 2.41 bits per heavy atom. The number of anilines is 1. The molecule has 0 aliphatic heterocycles. The number of aliphatic hydroxyl groups excluding tert-OH is 1. The van der Waals surface area contributed by atoms with Crippen molar-refractivity contribution >= 4 is 33.1 Å². The van der Waals surface area contributed by atoms with Gasteiger partial charge in [-0.05, 0) is 18.4 Å². The Balaban J connectivity index is 2.31. The minimum Gasteiger partial charge on any atom is -0.395 e. The number of fused-ring (bicyclic) bond motifs is 3. The van der Waals surface area contributed by atoms with E-state index in [4.69, 9.17) is 5.11 Å². The van der Waals surface area contributed by atoms with Crippen LogP contribution in [0.4, 0.5) is 5.82 Å². The third kappa shape index (κ3) is 1.57. The smallest absolute Gasteiger partial charge is 0.181 e. The van der Waals surface area contributed by atoms with Gasteiger partial charge < -0.3 is 10.4 Å². The first-order valence-electron chi connectivity index (χ1n) is 5.37. The minimum atomic E-state index is 0.0786. The predicted molar refractivity (Wildman–Crippen MR) is 68.7 cm³/mol. The van der Waals surface area contributed by atoms with Crippen LogP contribution in [0.3, 0.4) is 0 Å². The molecule has 0 spiro atoms. The van der Waals surface area contributed by atoms with Crippen molar-refractivity contribution in [2.75, 3.05) is 18.5 Å². The van der Waals surface area contributed by atoms with Gasteiger partial charge in [0.25, 0.3) is 0 Å². The lowest BCUT2D eigenvalue weighted by molar-refractivity contribution is 0.311. The Hall–Kier alpha value is -1.66. The standard InChI is InChI=1S/C11H12N4OS/c1-7-6-13-10-9(12-3-4-16)14-8-2-5-17-11(8)15(7)10/h2,5-6,16H,3-4H2,1H3,(H,12,14). The lowest BCUT2D eigenvalue weighted by Crippen LogP contribution is -2.08. The van der Waals surface area contributed by atoms with Gasteiger partial charge in [0.05, 0.1) is 6.61 Å². The number of hydrogen-bond donors (Lipinski definition) is 2. The van der Waals surface area contributed by atoms with E-state index in [9.17, 15) is 0 Å². The lowest BCUT2D eigenvalue weighted by atomic mass is 10.4. The number of aromatic nitrogens is 3. The highest BCUT2D eigenvalue weighted by atomic mass is 32.1. The highest BCUT2D eigenvalue weighted by molar-refractivity contribution is 7.16. The molecule has 3 aromatic rings.